The minimum Gasteiger partial charge on any atom is -0.390 e. The molecule has 2 saturated heterocycles. The molecule has 3 heterocycles. The number of hydrogen-bond donors (Lipinski definition) is 1. The summed E-state index contributed by atoms with van der Waals surface area (Å²) in [5.74, 6) is 0.0351. The van der Waals surface area contributed by atoms with Crippen molar-refractivity contribution in [3.8, 4) is 0 Å². The zero-order chi connectivity index (χ0) is 21.4. The van der Waals surface area contributed by atoms with E-state index in [-0.39, 0.29) is 17.7 Å². The fourth-order valence-corrected chi connectivity index (χ4v) is 4.71. The zero-order valence-electron chi connectivity index (χ0n) is 17.2. The molecule has 2 aliphatic rings. The molecule has 1 aromatic heterocycles. The van der Waals surface area contributed by atoms with Gasteiger partial charge in [0.1, 0.15) is 5.52 Å². The molecule has 0 spiro atoms. The van der Waals surface area contributed by atoms with Gasteiger partial charge in [-0.05, 0) is 29.8 Å². The molecule has 1 amide bonds. The number of nitrogens with zero attached hydrogens (tertiary/aromatic N) is 4. The summed E-state index contributed by atoms with van der Waals surface area (Å²) in [6.07, 6.45) is -0.569. The molecule has 1 N–H and O–H groups in total. The van der Waals surface area contributed by atoms with Gasteiger partial charge in [-0.25, -0.2) is 0 Å². The van der Waals surface area contributed by atoms with E-state index in [0.29, 0.717) is 24.0 Å². The molecule has 2 unspecified atom stereocenters. The summed E-state index contributed by atoms with van der Waals surface area (Å²) >= 11 is 5.97. The second-order valence-corrected chi connectivity index (χ2v) is 8.75. The second-order valence-electron chi connectivity index (χ2n) is 8.31. The number of likely N-dealkylation sites (tertiary alicyclic amines) is 1. The lowest BCUT2D eigenvalue weighted by Gasteiger charge is -2.38. The Labute approximate surface area is 185 Å². The Morgan fingerprint density at radius 2 is 1.81 bits per heavy atom. The molecule has 2 aliphatic heterocycles. The molecular weight excluding hydrogens is 416 g/mol. The Morgan fingerprint density at radius 3 is 2.58 bits per heavy atom. The molecule has 3 aromatic rings. The summed E-state index contributed by atoms with van der Waals surface area (Å²) in [5, 5.41) is 16.1. The summed E-state index contributed by atoms with van der Waals surface area (Å²) in [7, 11) is 0. The van der Waals surface area contributed by atoms with Crippen LogP contribution in [0.15, 0.2) is 53.1 Å². The summed E-state index contributed by atoms with van der Waals surface area (Å²) in [4.78, 5) is 19.4. The van der Waals surface area contributed by atoms with Crippen molar-refractivity contribution in [1.82, 2.24) is 19.9 Å². The fourth-order valence-electron chi connectivity index (χ4n) is 4.58. The fraction of sp³-hybridized carbons (Fsp3) is 0.391. The number of aliphatic hydroxyl groups excluding tert-OH is 1. The molecule has 2 fully saturated rings. The predicted octanol–water partition coefficient (Wildman–Crippen LogP) is 2.48. The van der Waals surface area contributed by atoms with Gasteiger partial charge in [0, 0.05) is 50.8 Å². The second kappa shape index (κ2) is 8.59. The lowest BCUT2D eigenvalue weighted by Crippen LogP contribution is -2.53. The number of aliphatic hydroxyl groups is 1. The van der Waals surface area contributed by atoms with E-state index in [9.17, 15) is 9.90 Å². The first-order valence-electron chi connectivity index (χ1n) is 10.6. The third-order valence-corrected chi connectivity index (χ3v) is 6.57. The maximum atomic E-state index is 13.0. The maximum Gasteiger partial charge on any atom is 0.293 e. The van der Waals surface area contributed by atoms with Crippen LogP contribution in [0, 0.1) is 0 Å². The first-order chi connectivity index (χ1) is 15.1. The highest BCUT2D eigenvalue weighted by atomic mass is 35.5. The van der Waals surface area contributed by atoms with Gasteiger partial charge in [-0.1, -0.05) is 41.0 Å². The van der Waals surface area contributed by atoms with Crippen molar-refractivity contribution in [2.45, 2.75) is 18.7 Å². The van der Waals surface area contributed by atoms with Gasteiger partial charge < -0.3 is 14.5 Å². The van der Waals surface area contributed by atoms with Gasteiger partial charge in [0.05, 0.1) is 17.5 Å². The molecule has 2 aromatic carbocycles. The number of β-amino-alcohol motifs (C(OH)–C–C–N with tert-alkyl or cyclic N) is 1. The number of halogens is 1. The van der Waals surface area contributed by atoms with Crippen LogP contribution in [0.4, 0.5) is 0 Å². The summed E-state index contributed by atoms with van der Waals surface area (Å²) < 4.78 is 5.33. The Balaban J connectivity index is 1.19. The van der Waals surface area contributed by atoms with Gasteiger partial charge in [0.2, 0.25) is 5.76 Å². The molecule has 0 radical (unpaired) electrons. The van der Waals surface area contributed by atoms with Crippen molar-refractivity contribution in [1.29, 1.82) is 0 Å². The minimum atomic E-state index is -0.569. The van der Waals surface area contributed by atoms with Gasteiger partial charge in [0.25, 0.3) is 5.91 Å². The normalized spacial score (nSPS) is 23.0. The number of fused-ring (bicyclic) bond motifs is 1. The van der Waals surface area contributed by atoms with Crippen LogP contribution in [0.2, 0.25) is 5.02 Å². The number of carbonyl (C=O) groups excluding carboxylic acids is 1. The van der Waals surface area contributed by atoms with E-state index in [2.05, 4.69) is 27.1 Å². The molecule has 2 atom stereocenters. The third kappa shape index (κ3) is 4.19. The Kier molecular flexibility index (Phi) is 5.67. The zero-order valence-corrected chi connectivity index (χ0v) is 17.9. The molecule has 162 valence electrons. The number of piperazine rings is 1. The molecule has 8 heteroatoms. The molecule has 31 heavy (non-hydrogen) atoms. The molecule has 0 bridgehead atoms. The molecule has 7 nitrogen and oxygen atoms in total. The van der Waals surface area contributed by atoms with Crippen LogP contribution in [0.3, 0.4) is 0 Å². The number of aromatic nitrogens is 1. The molecule has 0 aliphatic carbocycles. The van der Waals surface area contributed by atoms with Gasteiger partial charge in [-0.3, -0.25) is 14.6 Å². The maximum absolute atomic E-state index is 13.0. The van der Waals surface area contributed by atoms with Gasteiger partial charge in [-0.15, -0.1) is 0 Å². The van der Waals surface area contributed by atoms with Crippen LogP contribution < -0.4 is 0 Å². The standard InChI is InChI=1S/C23H25ClN4O3/c24-17-7-5-16(6-8-17)13-26-9-11-27(12-10-26)20-14-28(15-21(20)29)23(30)22-18-3-1-2-4-19(18)25-31-22/h1-8,20-21,29H,9-15H2. The third-order valence-electron chi connectivity index (χ3n) is 6.32. The van der Waals surface area contributed by atoms with E-state index in [1.807, 2.05) is 36.4 Å². The number of benzene rings is 2. The van der Waals surface area contributed by atoms with Gasteiger partial charge in [-0.2, -0.15) is 0 Å². The Hall–Kier alpha value is -2.45. The van der Waals surface area contributed by atoms with Crippen molar-refractivity contribution < 1.29 is 14.4 Å². The lowest BCUT2D eigenvalue weighted by atomic mass is 10.1. The Morgan fingerprint density at radius 1 is 1.06 bits per heavy atom. The molecule has 0 saturated carbocycles. The predicted molar refractivity (Wildman–Crippen MR) is 118 cm³/mol. The van der Waals surface area contributed by atoms with Gasteiger partial charge >= 0.3 is 0 Å². The van der Waals surface area contributed by atoms with Crippen LogP contribution in [0.25, 0.3) is 10.9 Å². The quantitative estimate of drug-likeness (QED) is 0.672. The van der Waals surface area contributed by atoms with Crippen LogP contribution in [-0.4, -0.2) is 82.3 Å². The number of amides is 1. The number of rotatable bonds is 4. The van der Waals surface area contributed by atoms with E-state index >= 15 is 0 Å². The summed E-state index contributed by atoms with van der Waals surface area (Å²) in [6, 6.07) is 15.3. The smallest absolute Gasteiger partial charge is 0.293 e. The first kappa shape index (κ1) is 20.5. The topological polar surface area (TPSA) is 73.0 Å². The van der Waals surface area contributed by atoms with E-state index in [0.717, 1.165) is 37.7 Å². The highest BCUT2D eigenvalue weighted by Crippen LogP contribution is 2.24. The molecular formula is C23H25ClN4O3. The highest BCUT2D eigenvalue weighted by molar-refractivity contribution is 6.30. The first-order valence-corrected chi connectivity index (χ1v) is 11.0. The summed E-state index contributed by atoms with van der Waals surface area (Å²) in [5.41, 5.74) is 1.91. The largest absolute Gasteiger partial charge is 0.390 e. The van der Waals surface area contributed by atoms with E-state index < -0.39 is 6.10 Å². The van der Waals surface area contributed by atoms with Crippen molar-refractivity contribution in [3.05, 3.63) is 64.9 Å². The van der Waals surface area contributed by atoms with Crippen LogP contribution >= 0.6 is 11.6 Å². The van der Waals surface area contributed by atoms with Crippen molar-refractivity contribution in [2.24, 2.45) is 0 Å². The average Bonchev–Trinajstić information content (AvgIpc) is 3.39. The Bertz CT molecular complexity index is 1060. The summed E-state index contributed by atoms with van der Waals surface area (Å²) in [6.45, 7) is 5.27. The highest BCUT2D eigenvalue weighted by Gasteiger charge is 2.40. The van der Waals surface area contributed by atoms with Crippen molar-refractivity contribution in [3.63, 3.8) is 0 Å². The van der Waals surface area contributed by atoms with Crippen LogP contribution in [0.1, 0.15) is 16.1 Å². The van der Waals surface area contributed by atoms with E-state index in [1.54, 1.807) is 4.90 Å². The van der Waals surface area contributed by atoms with Crippen molar-refractivity contribution in [2.75, 3.05) is 39.3 Å². The monoisotopic (exact) mass is 440 g/mol. The average molecular weight is 441 g/mol. The number of carbonyl (C=O) groups is 1. The molecule has 5 rings (SSSR count). The van der Waals surface area contributed by atoms with Crippen LogP contribution in [0.5, 0.6) is 0 Å². The van der Waals surface area contributed by atoms with Gasteiger partial charge in [0.15, 0.2) is 0 Å². The lowest BCUT2D eigenvalue weighted by molar-refractivity contribution is 0.0423. The van der Waals surface area contributed by atoms with Crippen LogP contribution in [-0.2, 0) is 6.54 Å². The number of hydrogen-bond acceptors (Lipinski definition) is 6. The minimum absolute atomic E-state index is 0.0594. The van der Waals surface area contributed by atoms with E-state index in [4.69, 9.17) is 16.1 Å². The van der Waals surface area contributed by atoms with E-state index in [1.165, 1.54) is 5.56 Å². The SMILES string of the molecule is O=C(c1onc2ccccc12)N1CC(O)C(N2CCN(Cc3ccc(Cl)cc3)CC2)C1. The van der Waals surface area contributed by atoms with Crippen molar-refractivity contribution >= 4 is 28.4 Å².